The molecule has 2 aromatic heterocycles. The highest BCUT2D eigenvalue weighted by atomic mass is 19.1. The molecule has 0 unspecified atom stereocenters. The van der Waals surface area contributed by atoms with E-state index in [1.54, 1.807) is 30.6 Å². The largest absolute Gasteiger partial charge is 0.369 e. The fourth-order valence-electron chi connectivity index (χ4n) is 3.36. The summed E-state index contributed by atoms with van der Waals surface area (Å²) in [6.07, 6.45) is 3.86. The number of rotatable bonds is 8. The Bertz CT molecular complexity index is 1200. The van der Waals surface area contributed by atoms with Crippen molar-refractivity contribution in [3.63, 3.8) is 0 Å². The lowest BCUT2D eigenvalue weighted by atomic mass is 10.1. The van der Waals surface area contributed by atoms with E-state index in [0.717, 1.165) is 22.4 Å². The van der Waals surface area contributed by atoms with Crippen molar-refractivity contribution in [3.05, 3.63) is 108 Å². The molecule has 3 N–H and O–H groups in total. The number of carbonyl (C=O) groups excluding carboxylic acids is 1. The molecule has 0 spiro atoms. The van der Waals surface area contributed by atoms with E-state index >= 15 is 0 Å². The van der Waals surface area contributed by atoms with Gasteiger partial charge < -0.3 is 16.0 Å². The van der Waals surface area contributed by atoms with Gasteiger partial charge in [-0.3, -0.25) is 4.98 Å². The number of carbonyl (C=O) groups is 1. The summed E-state index contributed by atoms with van der Waals surface area (Å²) in [5, 5.41) is 8.95. The zero-order valence-electron chi connectivity index (χ0n) is 18.0. The van der Waals surface area contributed by atoms with Crippen LogP contribution in [0.1, 0.15) is 11.1 Å². The van der Waals surface area contributed by atoms with Crippen LogP contribution in [0.5, 0.6) is 0 Å². The van der Waals surface area contributed by atoms with Crippen LogP contribution in [0.2, 0.25) is 0 Å². The van der Waals surface area contributed by atoms with Crippen LogP contribution >= 0.6 is 0 Å². The molecule has 0 aliphatic carbocycles. The zero-order valence-corrected chi connectivity index (χ0v) is 18.0. The molecule has 4 aromatic rings. The highest BCUT2D eigenvalue weighted by molar-refractivity contribution is 5.89. The third-order valence-corrected chi connectivity index (χ3v) is 5.00. The molecule has 2 amide bonds. The topological polar surface area (TPSA) is 78.9 Å². The molecule has 0 aliphatic heterocycles. The van der Waals surface area contributed by atoms with E-state index in [4.69, 9.17) is 4.98 Å². The number of nitrogens with zero attached hydrogens (tertiary/aromatic N) is 2. The maximum atomic E-state index is 13.5. The first-order valence-corrected chi connectivity index (χ1v) is 10.7. The lowest BCUT2D eigenvalue weighted by Gasteiger charge is -2.14. The number of halogens is 1. The molecule has 6 nitrogen and oxygen atoms in total. The van der Waals surface area contributed by atoms with Gasteiger partial charge in [0.1, 0.15) is 11.6 Å². The second kappa shape index (κ2) is 10.9. The Labute approximate surface area is 191 Å². The average Bonchev–Trinajstić information content (AvgIpc) is 2.84. The molecular weight excluding hydrogens is 417 g/mol. The fraction of sp³-hybridized carbons (Fsp3) is 0.115. The molecule has 0 atom stereocenters. The van der Waals surface area contributed by atoms with Crippen LogP contribution in [0.15, 0.2) is 91.3 Å². The Morgan fingerprint density at radius 3 is 2.61 bits per heavy atom. The summed E-state index contributed by atoms with van der Waals surface area (Å²) in [5.41, 5.74) is 4.18. The highest BCUT2D eigenvalue weighted by Crippen LogP contribution is 2.22. The van der Waals surface area contributed by atoms with Crippen LogP contribution in [0.25, 0.3) is 11.3 Å². The second-order valence-corrected chi connectivity index (χ2v) is 7.43. The summed E-state index contributed by atoms with van der Waals surface area (Å²) < 4.78 is 13.5. The summed E-state index contributed by atoms with van der Waals surface area (Å²) in [7, 11) is 0. The Kier molecular flexibility index (Phi) is 7.22. The van der Waals surface area contributed by atoms with Crippen molar-refractivity contribution in [2.75, 3.05) is 17.2 Å². The van der Waals surface area contributed by atoms with E-state index in [-0.39, 0.29) is 18.4 Å². The van der Waals surface area contributed by atoms with Gasteiger partial charge in [0, 0.05) is 30.4 Å². The van der Waals surface area contributed by atoms with Crippen LogP contribution in [-0.2, 0) is 13.0 Å². The SMILES string of the molecule is O=C(NCc1ccc(-c2ccccc2)nc1NCCc1cccc(F)c1)Nc1cccnc1. The van der Waals surface area contributed by atoms with Crippen molar-refractivity contribution >= 4 is 17.5 Å². The van der Waals surface area contributed by atoms with E-state index in [0.29, 0.717) is 24.5 Å². The van der Waals surface area contributed by atoms with Crippen LogP contribution in [0.3, 0.4) is 0 Å². The number of anilines is 2. The molecule has 0 radical (unpaired) electrons. The van der Waals surface area contributed by atoms with Gasteiger partial charge in [0.15, 0.2) is 0 Å². The molecule has 166 valence electrons. The summed E-state index contributed by atoms with van der Waals surface area (Å²) in [6.45, 7) is 0.861. The summed E-state index contributed by atoms with van der Waals surface area (Å²) in [6, 6.07) is 23.5. The van der Waals surface area contributed by atoms with Crippen molar-refractivity contribution in [2.24, 2.45) is 0 Å². The quantitative estimate of drug-likeness (QED) is 0.349. The van der Waals surface area contributed by atoms with Crippen molar-refractivity contribution in [3.8, 4) is 11.3 Å². The minimum Gasteiger partial charge on any atom is -0.369 e. The van der Waals surface area contributed by atoms with Crippen molar-refractivity contribution < 1.29 is 9.18 Å². The molecule has 0 saturated carbocycles. The Morgan fingerprint density at radius 2 is 1.82 bits per heavy atom. The summed E-state index contributed by atoms with van der Waals surface area (Å²) in [5.74, 6) is 0.427. The first kappa shape index (κ1) is 22.0. The minimum absolute atomic E-state index is 0.249. The Morgan fingerprint density at radius 1 is 0.939 bits per heavy atom. The van der Waals surface area contributed by atoms with Crippen LogP contribution in [0, 0.1) is 5.82 Å². The van der Waals surface area contributed by atoms with Crippen LogP contribution in [-0.4, -0.2) is 22.5 Å². The third-order valence-electron chi connectivity index (χ3n) is 5.00. The number of urea groups is 1. The van der Waals surface area contributed by atoms with Crippen molar-refractivity contribution in [1.29, 1.82) is 0 Å². The van der Waals surface area contributed by atoms with Crippen molar-refractivity contribution in [2.45, 2.75) is 13.0 Å². The minimum atomic E-state index is -0.333. The van der Waals surface area contributed by atoms with E-state index in [9.17, 15) is 9.18 Å². The Balaban J connectivity index is 1.46. The molecule has 0 saturated heterocycles. The first-order valence-electron chi connectivity index (χ1n) is 10.7. The van der Waals surface area contributed by atoms with Gasteiger partial charge in [-0.15, -0.1) is 0 Å². The van der Waals surface area contributed by atoms with Gasteiger partial charge in [-0.2, -0.15) is 0 Å². The number of aromatic nitrogens is 2. The normalized spacial score (nSPS) is 10.5. The smallest absolute Gasteiger partial charge is 0.319 e. The monoisotopic (exact) mass is 441 g/mol. The lowest BCUT2D eigenvalue weighted by Crippen LogP contribution is -2.28. The summed E-state index contributed by atoms with van der Waals surface area (Å²) >= 11 is 0. The van der Waals surface area contributed by atoms with E-state index in [1.165, 1.54) is 12.1 Å². The van der Waals surface area contributed by atoms with E-state index in [2.05, 4.69) is 20.9 Å². The standard InChI is InChI=1S/C26H24FN5O/c27-22-9-4-6-19(16-22)13-15-29-25-21(11-12-24(32-25)20-7-2-1-3-8-20)17-30-26(33)31-23-10-5-14-28-18-23/h1-12,14,16,18H,13,15,17H2,(H,29,32)(H2,30,31,33). The highest BCUT2D eigenvalue weighted by Gasteiger charge is 2.10. The molecular formula is C26H24FN5O. The average molecular weight is 442 g/mol. The van der Waals surface area contributed by atoms with Gasteiger partial charge in [0.05, 0.1) is 17.6 Å². The molecule has 0 aliphatic rings. The van der Waals surface area contributed by atoms with Gasteiger partial charge in [-0.05, 0) is 42.3 Å². The maximum absolute atomic E-state index is 13.5. The number of hydrogen-bond donors (Lipinski definition) is 3. The third kappa shape index (κ3) is 6.36. The van der Waals surface area contributed by atoms with E-state index in [1.807, 2.05) is 48.5 Å². The van der Waals surface area contributed by atoms with E-state index < -0.39 is 0 Å². The Hall–Kier alpha value is -4.26. The zero-order chi connectivity index (χ0) is 22.9. The molecule has 2 aromatic carbocycles. The van der Waals surface area contributed by atoms with Gasteiger partial charge in [-0.1, -0.05) is 48.5 Å². The molecule has 0 fully saturated rings. The molecule has 33 heavy (non-hydrogen) atoms. The predicted molar refractivity (Wildman–Crippen MR) is 128 cm³/mol. The molecule has 4 rings (SSSR count). The van der Waals surface area contributed by atoms with Gasteiger partial charge in [-0.25, -0.2) is 14.2 Å². The number of hydrogen-bond acceptors (Lipinski definition) is 4. The lowest BCUT2D eigenvalue weighted by molar-refractivity contribution is 0.251. The molecule has 7 heteroatoms. The summed E-state index contributed by atoms with van der Waals surface area (Å²) in [4.78, 5) is 21.1. The van der Waals surface area contributed by atoms with Gasteiger partial charge in [0.25, 0.3) is 0 Å². The second-order valence-electron chi connectivity index (χ2n) is 7.43. The van der Waals surface area contributed by atoms with Crippen LogP contribution < -0.4 is 16.0 Å². The number of amides is 2. The molecule has 2 heterocycles. The number of pyridine rings is 2. The predicted octanol–water partition coefficient (Wildman–Crippen LogP) is 5.26. The van der Waals surface area contributed by atoms with Crippen molar-refractivity contribution in [1.82, 2.24) is 15.3 Å². The van der Waals surface area contributed by atoms with Gasteiger partial charge >= 0.3 is 6.03 Å². The van der Waals surface area contributed by atoms with Crippen LogP contribution in [0.4, 0.5) is 20.7 Å². The molecule has 0 bridgehead atoms. The number of benzene rings is 2. The first-order chi connectivity index (χ1) is 16.2. The fourth-order valence-corrected chi connectivity index (χ4v) is 3.36. The van der Waals surface area contributed by atoms with Gasteiger partial charge in [0.2, 0.25) is 0 Å². The number of nitrogens with one attached hydrogen (secondary N) is 3. The maximum Gasteiger partial charge on any atom is 0.319 e.